The highest BCUT2D eigenvalue weighted by Gasteiger charge is 2.47. The summed E-state index contributed by atoms with van der Waals surface area (Å²) in [7, 11) is 2.72. The number of alkyl halides is 3. The van der Waals surface area contributed by atoms with Gasteiger partial charge in [-0.1, -0.05) is 17.7 Å². The largest absolute Gasteiger partial charge is 0.573 e. The fourth-order valence-electron chi connectivity index (χ4n) is 3.95. The summed E-state index contributed by atoms with van der Waals surface area (Å²) >= 11 is 6.23. The van der Waals surface area contributed by atoms with Crippen LogP contribution in [-0.4, -0.2) is 42.4 Å². The zero-order chi connectivity index (χ0) is 26.9. The molecule has 12 heteroatoms. The Hall–Kier alpha value is -4.25. The number of aliphatic hydroxyl groups is 1. The van der Waals surface area contributed by atoms with Crippen molar-refractivity contribution in [1.29, 1.82) is 0 Å². The highest BCUT2D eigenvalue weighted by atomic mass is 35.5. The Morgan fingerprint density at radius 2 is 1.73 bits per heavy atom. The number of halogens is 4. The molecule has 2 aromatic carbocycles. The molecule has 1 aliphatic heterocycles. The Morgan fingerprint density at radius 3 is 2.30 bits per heavy atom. The smallest absolute Gasteiger partial charge is 0.507 e. The van der Waals surface area contributed by atoms with Crippen LogP contribution in [0, 0.1) is 0 Å². The summed E-state index contributed by atoms with van der Waals surface area (Å²) in [5.41, 5.74) is 0.170. The molecule has 0 saturated carbocycles. The van der Waals surface area contributed by atoms with Gasteiger partial charge in [-0.2, -0.15) is 0 Å². The first kappa shape index (κ1) is 25.8. The Labute approximate surface area is 213 Å². The van der Waals surface area contributed by atoms with Crippen LogP contribution in [0.1, 0.15) is 17.2 Å². The molecule has 1 saturated heterocycles. The van der Waals surface area contributed by atoms with E-state index in [1.54, 1.807) is 12.1 Å². The summed E-state index contributed by atoms with van der Waals surface area (Å²) in [6.07, 6.45) is -2.03. The second-order valence-electron chi connectivity index (χ2n) is 7.68. The first-order valence-electron chi connectivity index (χ1n) is 10.5. The van der Waals surface area contributed by atoms with Crippen molar-refractivity contribution in [1.82, 2.24) is 4.98 Å². The van der Waals surface area contributed by atoms with Gasteiger partial charge in [-0.25, -0.2) is 0 Å². The molecule has 1 aromatic heterocycles. The lowest BCUT2D eigenvalue weighted by atomic mass is 9.95. The molecular weight excluding hydrogens is 517 g/mol. The van der Waals surface area contributed by atoms with Crippen molar-refractivity contribution < 1.29 is 42.1 Å². The molecule has 3 aromatic rings. The number of nitrogens with zero attached hydrogens (tertiary/aromatic N) is 2. The number of hydrogen-bond donors (Lipinski definition) is 1. The Morgan fingerprint density at radius 1 is 1.05 bits per heavy atom. The molecule has 1 atom stereocenters. The van der Waals surface area contributed by atoms with Crippen LogP contribution in [0.25, 0.3) is 5.76 Å². The van der Waals surface area contributed by atoms with Crippen LogP contribution >= 0.6 is 11.6 Å². The van der Waals surface area contributed by atoms with Gasteiger partial charge in [-0.15, -0.1) is 13.2 Å². The lowest BCUT2D eigenvalue weighted by Crippen LogP contribution is -2.29. The van der Waals surface area contributed by atoms with Gasteiger partial charge in [0.15, 0.2) is 0 Å². The van der Waals surface area contributed by atoms with E-state index in [0.29, 0.717) is 5.56 Å². The highest BCUT2D eigenvalue weighted by molar-refractivity contribution is 6.51. The number of ether oxygens (including phenoxy) is 3. The lowest BCUT2D eigenvalue weighted by Gasteiger charge is -2.25. The predicted molar refractivity (Wildman–Crippen MR) is 127 cm³/mol. The number of benzene rings is 2. The molecule has 1 unspecified atom stereocenters. The summed E-state index contributed by atoms with van der Waals surface area (Å²) in [5, 5.41) is 11.4. The van der Waals surface area contributed by atoms with Gasteiger partial charge in [0, 0.05) is 24.1 Å². The van der Waals surface area contributed by atoms with Gasteiger partial charge >= 0.3 is 6.36 Å². The number of amides is 1. The van der Waals surface area contributed by atoms with Gasteiger partial charge in [0.05, 0.1) is 36.4 Å². The van der Waals surface area contributed by atoms with Gasteiger partial charge in [0.25, 0.3) is 11.7 Å². The van der Waals surface area contributed by atoms with Crippen molar-refractivity contribution in [3.63, 3.8) is 0 Å². The van der Waals surface area contributed by atoms with Crippen molar-refractivity contribution in [2.75, 3.05) is 19.1 Å². The number of ketones is 1. The van der Waals surface area contributed by atoms with Gasteiger partial charge in [0.2, 0.25) is 0 Å². The molecule has 1 amide bonds. The molecule has 1 N–H and O–H groups in total. The molecule has 0 bridgehead atoms. The molecule has 4 rings (SSSR count). The molecule has 1 aliphatic rings. The van der Waals surface area contributed by atoms with Gasteiger partial charge in [-0.05, 0) is 42.0 Å². The molecule has 8 nitrogen and oxygen atoms in total. The molecule has 0 spiro atoms. The average molecular weight is 535 g/mol. The number of hydrogen-bond acceptors (Lipinski definition) is 7. The summed E-state index contributed by atoms with van der Waals surface area (Å²) < 4.78 is 52.1. The van der Waals surface area contributed by atoms with E-state index in [2.05, 4.69) is 9.72 Å². The van der Waals surface area contributed by atoms with Crippen molar-refractivity contribution in [3.8, 4) is 17.2 Å². The second kappa shape index (κ2) is 10.0. The van der Waals surface area contributed by atoms with E-state index in [4.69, 9.17) is 21.1 Å². The third kappa shape index (κ3) is 5.03. The third-order valence-electron chi connectivity index (χ3n) is 5.52. The fraction of sp³-hybridized carbons (Fsp3) is 0.160. The quantitative estimate of drug-likeness (QED) is 0.261. The molecule has 0 aliphatic carbocycles. The Kier molecular flexibility index (Phi) is 6.99. The molecule has 0 radical (unpaired) electrons. The number of anilines is 1. The zero-order valence-corrected chi connectivity index (χ0v) is 20.0. The van der Waals surface area contributed by atoms with Crippen LogP contribution in [0.5, 0.6) is 17.2 Å². The monoisotopic (exact) mass is 534 g/mol. The van der Waals surface area contributed by atoms with E-state index in [0.717, 1.165) is 17.0 Å². The Bertz CT molecular complexity index is 1380. The number of carbonyl (C=O) groups excluding carboxylic acids is 2. The van der Waals surface area contributed by atoms with E-state index in [1.807, 2.05) is 0 Å². The van der Waals surface area contributed by atoms with Crippen LogP contribution in [0.4, 0.5) is 18.9 Å². The molecule has 192 valence electrons. The average Bonchev–Trinajstić information content (AvgIpc) is 3.13. The fourth-order valence-corrected chi connectivity index (χ4v) is 4.19. The minimum Gasteiger partial charge on any atom is -0.507 e. The minimum atomic E-state index is -4.90. The first-order valence-corrected chi connectivity index (χ1v) is 10.9. The number of aliphatic hydroxyl groups excluding tert-OH is 1. The zero-order valence-electron chi connectivity index (χ0n) is 19.2. The maximum Gasteiger partial charge on any atom is 0.573 e. The van der Waals surface area contributed by atoms with Gasteiger partial charge in [0.1, 0.15) is 23.0 Å². The predicted octanol–water partition coefficient (Wildman–Crippen LogP) is 5.28. The minimum absolute atomic E-state index is 0.0223. The standard InChI is InChI=1S/C25H18ClF3N2O6/c1-35-18-11-19(36-2)17(26)10-16(18)22(32)20-21(13-4-3-9-30-12-13)31(24(34)23(20)33)14-5-7-15(8-6-14)37-25(27,28)29/h3-12,21,32H,1-2H3/b22-20+. The molecule has 37 heavy (non-hydrogen) atoms. The number of Topliss-reactive ketones (excluding diaryl/α,β-unsaturated/α-hetero) is 1. The molecule has 2 heterocycles. The Balaban J connectivity index is 1.89. The van der Waals surface area contributed by atoms with E-state index in [1.165, 1.54) is 50.9 Å². The maximum atomic E-state index is 13.2. The number of carbonyl (C=O) groups is 2. The summed E-state index contributed by atoms with van der Waals surface area (Å²) in [6.45, 7) is 0. The van der Waals surface area contributed by atoms with Crippen LogP contribution < -0.4 is 19.1 Å². The van der Waals surface area contributed by atoms with Crippen LogP contribution in [0.2, 0.25) is 5.02 Å². The lowest BCUT2D eigenvalue weighted by molar-refractivity contribution is -0.274. The van der Waals surface area contributed by atoms with Crippen molar-refractivity contribution >= 4 is 34.7 Å². The maximum absolute atomic E-state index is 13.2. The number of pyridine rings is 1. The van der Waals surface area contributed by atoms with Gasteiger partial charge in [-0.3, -0.25) is 19.5 Å². The first-order chi connectivity index (χ1) is 17.6. The summed E-state index contributed by atoms with van der Waals surface area (Å²) in [5.74, 6) is -2.77. The van der Waals surface area contributed by atoms with E-state index in [-0.39, 0.29) is 33.3 Å². The van der Waals surface area contributed by atoms with Crippen molar-refractivity contribution in [2.24, 2.45) is 0 Å². The summed E-state index contributed by atoms with van der Waals surface area (Å²) in [6, 6.07) is 9.12. The third-order valence-corrected chi connectivity index (χ3v) is 5.82. The van der Waals surface area contributed by atoms with Crippen molar-refractivity contribution in [3.05, 3.63) is 82.6 Å². The second-order valence-corrected chi connectivity index (χ2v) is 8.09. The van der Waals surface area contributed by atoms with E-state index in [9.17, 15) is 27.9 Å². The molecule has 1 fully saturated rings. The van der Waals surface area contributed by atoms with Crippen LogP contribution in [-0.2, 0) is 9.59 Å². The number of aromatic nitrogens is 1. The topological polar surface area (TPSA) is 98.2 Å². The number of rotatable bonds is 6. The molecular formula is C25H18ClF3N2O6. The van der Waals surface area contributed by atoms with Crippen LogP contribution in [0.3, 0.4) is 0 Å². The van der Waals surface area contributed by atoms with Gasteiger partial charge < -0.3 is 19.3 Å². The van der Waals surface area contributed by atoms with E-state index >= 15 is 0 Å². The normalized spacial score (nSPS) is 17.1. The summed E-state index contributed by atoms with van der Waals surface area (Å²) in [4.78, 5) is 31.5. The van der Waals surface area contributed by atoms with Crippen LogP contribution in [0.15, 0.2) is 66.5 Å². The SMILES string of the molecule is COc1cc(OC)c(/C(O)=C2\C(=O)C(=O)N(c3ccc(OC(F)(F)F)cc3)C2c2cccnc2)cc1Cl. The number of methoxy groups -OCH3 is 2. The van der Waals surface area contributed by atoms with E-state index < -0.39 is 35.6 Å². The van der Waals surface area contributed by atoms with Crippen molar-refractivity contribution in [2.45, 2.75) is 12.4 Å². The highest BCUT2D eigenvalue weighted by Crippen LogP contribution is 2.44.